The van der Waals surface area contributed by atoms with Gasteiger partial charge >= 0.3 is 5.97 Å². The van der Waals surface area contributed by atoms with Crippen LogP contribution in [0.1, 0.15) is 26.2 Å². The number of aliphatic carboxylic acids is 1. The van der Waals surface area contributed by atoms with Gasteiger partial charge in [0, 0.05) is 23.1 Å². The fourth-order valence-electron chi connectivity index (χ4n) is 1.66. The Bertz CT molecular complexity index is 312. The summed E-state index contributed by atoms with van der Waals surface area (Å²) < 4.78 is 11.6. The van der Waals surface area contributed by atoms with Crippen molar-refractivity contribution in [3.8, 4) is 0 Å². The van der Waals surface area contributed by atoms with Gasteiger partial charge < -0.3 is 10.4 Å². The van der Waals surface area contributed by atoms with E-state index in [1.54, 1.807) is 6.92 Å². The van der Waals surface area contributed by atoms with Crippen molar-refractivity contribution in [1.82, 2.24) is 5.32 Å². The summed E-state index contributed by atoms with van der Waals surface area (Å²) >= 11 is 0. The summed E-state index contributed by atoms with van der Waals surface area (Å²) in [5, 5.41) is 11.3. The average molecular weight is 247 g/mol. The monoisotopic (exact) mass is 247 g/mol. The molecule has 0 heterocycles. The van der Waals surface area contributed by atoms with Gasteiger partial charge in [-0.2, -0.15) is 0 Å². The highest BCUT2D eigenvalue weighted by Crippen LogP contribution is 2.49. The van der Waals surface area contributed by atoms with Gasteiger partial charge in [0.05, 0.1) is 6.42 Å². The smallest absolute Gasteiger partial charge is 0.303 e. The highest BCUT2D eigenvalue weighted by Gasteiger charge is 2.45. The first-order valence-corrected chi connectivity index (χ1v) is 6.80. The molecule has 1 rings (SSSR count). The molecule has 1 saturated carbocycles. The van der Waals surface area contributed by atoms with Crippen molar-refractivity contribution in [3.05, 3.63) is 0 Å². The maximum Gasteiger partial charge on any atom is 0.303 e. The molecule has 2 N–H and O–H groups in total. The summed E-state index contributed by atoms with van der Waals surface area (Å²) in [5.74, 6) is -0.773. The van der Waals surface area contributed by atoms with E-state index in [1.807, 2.05) is 0 Å². The number of rotatable bonds is 7. The van der Waals surface area contributed by atoms with E-state index < -0.39 is 16.8 Å². The van der Waals surface area contributed by atoms with Crippen LogP contribution >= 0.6 is 0 Å². The van der Waals surface area contributed by atoms with Crippen LogP contribution in [0.25, 0.3) is 0 Å². The third kappa shape index (κ3) is 4.30. The largest absolute Gasteiger partial charge is 0.481 e. The molecule has 5 nitrogen and oxygen atoms in total. The Morgan fingerprint density at radius 2 is 2.06 bits per heavy atom. The third-order valence-corrected chi connectivity index (χ3v) is 4.14. The second-order valence-corrected chi connectivity index (χ2v) is 5.71. The Kier molecular flexibility index (Phi) is 4.46. The van der Waals surface area contributed by atoms with Crippen LogP contribution in [0.3, 0.4) is 0 Å². The van der Waals surface area contributed by atoms with E-state index in [0.29, 0.717) is 12.3 Å². The standard InChI is InChI=1S/C10H17NO4S/c1-2-11-8(12)6-16(15)7-10(3-4-10)5-9(13)14/h2-7H2,1H3,(H,11,12)(H,13,14). The number of hydrogen-bond acceptors (Lipinski definition) is 3. The highest BCUT2D eigenvalue weighted by atomic mass is 32.2. The molecule has 0 aromatic carbocycles. The van der Waals surface area contributed by atoms with Crippen LogP contribution in [0.2, 0.25) is 0 Å². The van der Waals surface area contributed by atoms with E-state index in [0.717, 1.165) is 12.8 Å². The molecule has 1 aliphatic rings. The molecule has 1 amide bonds. The number of carbonyl (C=O) groups is 2. The van der Waals surface area contributed by atoms with Crippen LogP contribution in [-0.4, -0.2) is 39.2 Å². The van der Waals surface area contributed by atoms with Crippen LogP contribution in [0.15, 0.2) is 0 Å². The van der Waals surface area contributed by atoms with Gasteiger partial charge in [0.1, 0.15) is 5.75 Å². The fourth-order valence-corrected chi connectivity index (χ4v) is 3.23. The van der Waals surface area contributed by atoms with Gasteiger partial charge in [-0.3, -0.25) is 13.8 Å². The van der Waals surface area contributed by atoms with E-state index in [9.17, 15) is 13.8 Å². The number of hydrogen-bond donors (Lipinski definition) is 2. The maximum absolute atomic E-state index is 11.6. The van der Waals surface area contributed by atoms with Crippen molar-refractivity contribution in [1.29, 1.82) is 0 Å². The van der Waals surface area contributed by atoms with E-state index in [1.165, 1.54) is 0 Å². The first-order valence-electron chi connectivity index (χ1n) is 5.31. The zero-order valence-corrected chi connectivity index (χ0v) is 10.1. The first kappa shape index (κ1) is 13.2. The normalized spacial score (nSPS) is 18.8. The van der Waals surface area contributed by atoms with Crippen molar-refractivity contribution in [2.45, 2.75) is 26.2 Å². The molecule has 0 saturated heterocycles. The fraction of sp³-hybridized carbons (Fsp3) is 0.800. The minimum absolute atomic E-state index is 0.0186. The lowest BCUT2D eigenvalue weighted by Gasteiger charge is -2.11. The Morgan fingerprint density at radius 1 is 1.44 bits per heavy atom. The lowest BCUT2D eigenvalue weighted by molar-refractivity contribution is -0.138. The molecule has 0 spiro atoms. The maximum atomic E-state index is 11.6. The zero-order valence-electron chi connectivity index (χ0n) is 9.32. The molecule has 1 unspecified atom stereocenters. The second-order valence-electron chi connectivity index (χ2n) is 4.25. The third-order valence-electron chi connectivity index (χ3n) is 2.62. The van der Waals surface area contributed by atoms with Crippen LogP contribution in [-0.2, 0) is 20.4 Å². The van der Waals surface area contributed by atoms with E-state index in [2.05, 4.69) is 5.32 Å². The Morgan fingerprint density at radius 3 is 2.50 bits per heavy atom. The van der Waals surface area contributed by atoms with Gasteiger partial charge in [-0.25, -0.2) is 0 Å². The summed E-state index contributed by atoms with van der Waals surface area (Å²) in [7, 11) is -1.25. The van der Waals surface area contributed by atoms with E-state index >= 15 is 0 Å². The second kappa shape index (κ2) is 5.43. The zero-order chi connectivity index (χ0) is 12.2. The first-order chi connectivity index (χ1) is 7.47. The SMILES string of the molecule is CCNC(=O)CS(=O)CC1(CC(=O)O)CC1. The van der Waals surface area contributed by atoms with Gasteiger partial charge in [0.25, 0.3) is 0 Å². The minimum atomic E-state index is -1.25. The quantitative estimate of drug-likeness (QED) is 0.669. The van der Waals surface area contributed by atoms with Gasteiger partial charge in [-0.15, -0.1) is 0 Å². The molecular weight excluding hydrogens is 230 g/mol. The van der Waals surface area contributed by atoms with E-state index in [-0.39, 0.29) is 23.5 Å². The van der Waals surface area contributed by atoms with Crippen LogP contribution in [0.5, 0.6) is 0 Å². The van der Waals surface area contributed by atoms with Crippen molar-refractivity contribution >= 4 is 22.7 Å². The molecule has 0 aromatic heterocycles. The van der Waals surface area contributed by atoms with Gasteiger partial charge in [-0.05, 0) is 25.2 Å². The van der Waals surface area contributed by atoms with E-state index in [4.69, 9.17) is 5.11 Å². The van der Waals surface area contributed by atoms with Gasteiger partial charge in [-0.1, -0.05) is 0 Å². The highest BCUT2D eigenvalue weighted by molar-refractivity contribution is 7.85. The molecule has 0 radical (unpaired) electrons. The molecule has 6 heteroatoms. The molecule has 0 aromatic rings. The lowest BCUT2D eigenvalue weighted by atomic mass is 10.1. The molecule has 0 aliphatic heterocycles. The summed E-state index contributed by atoms with van der Waals surface area (Å²) in [6.45, 7) is 2.32. The van der Waals surface area contributed by atoms with Crippen LogP contribution in [0, 0.1) is 5.41 Å². The average Bonchev–Trinajstić information content (AvgIpc) is 2.82. The molecule has 1 fully saturated rings. The number of carboxylic acid groups (broad SMARTS) is 1. The number of nitrogens with one attached hydrogen (secondary N) is 1. The summed E-state index contributed by atoms with van der Waals surface area (Å²) in [6.07, 6.45) is 1.68. The Labute approximate surface area is 97.1 Å². The minimum Gasteiger partial charge on any atom is -0.481 e. The van der Waals surface area contributed by atoms with Crippen molar-refractivity contribution in [2.24, 2.45) is 5.41 Å². The van der Waals surface area contributed by atoms with Crippen molar-refractivity contribution in [2.75, 3.05) is 18.1 Å². The Balaban J connectivity index is 2.34. The molecule has 1 aliphatic carbocycles. The molecule has 1 atom stereocenters. The topological polar surface area (TPSA) is 83.5 Å². The molecule has 92 valence electrons. The number of amides is 1. The molecule has 0 bridgehead atoms. The number of carbonyl (C=O) groups excluding carboxylic acids is 1. The lowest BCUT2D eigenvalue weighted by Crippen LogP contribution is -2.30. The van der Waals surface area contributed by atoms with Crippen LogP contribution in [0.4, 0.5) is 0 Å². The van der Waals surface area contributed by atoms with Gasteiger partial charge in [0.2, 0.25) is 5.91 Å². The summed E-state index contributed by atoms with van der Waals surface area (Å²) in [6, 6.07) is 0. The summed E-state index contributed by atoms with van der Waals surface area (Å²) in [5.41, 5.74) is -0.302. The Hall–Kier alpha value is -0.910. The van der Waals surface area contributed by atoms with Crippen LogP contribution < -0.4 is 5.32 Å². The number of carboxylic acids is 1. The summed E-state index contributed by atoms with van der Waals surface area (Å²) in [4.78, 5) is 21.7. The van der Waals surface area contributed by atoms with Crippen molar-refractivity contribution in [3.63, 3.8) is 0 Å². The molecule has 16 heavy (non-hydrogen) atoms. The predicted molar refractivity (Wildman–Crippen MR) is 60.5 cm³/mol. The molecular formula is C10H17NO4S. The predicted octanol–water partition coefficient (Wildman–Crippen LogP) is 0.126. The van der Waals surface area contributed by atoms with Crippen molar-refractivity contribution < 1.29 is 18.9 Å². The van der Waals surface area contributed by atoms with Gasteiger partial charge in [0.15, 0.2) is 0 Å².